The van der Waals surface area contributed by atoms with Crippen LogP contribution in [0, 0.1) is 0 Å². The zero-order valence-corrected chi connectivity index (χ0v) is 10.6. The predicted molar refractivity (Wildman–Crippen MR) is 67.0 cm³/mol. The number of carbonyl (C=O) groups is 1. The van der Waals surface area contributed by atoms with Crippen molar-refractivity contribution >= 4 is 6.09 Å². The molecule has 0 unspecified atom stereocenters. The van der Waals surface area contributed by atoms with Gasteiger partial charge in [-0.25, -0.2) is 4.79 Å². The molecular weight excluding hydrogens is 214 g/mol. The lowest BCUT2D eigenvalue weighted by molar-refractivity contribution is 0.00820. The smallest absolute Gasteiger partial charge is 0.410 e. The van der Waals surface area contributed by atoms with E-state index in [1.54, 1.807) is 4.90 Å². The minimum atomic E-state index is -0.408. The predicted octanol–water partition coefficient (Wildman–Crippen LogP) is 3.02. The number of likely N-dealkylation sites (tertiary alicyclic amines) is 1. The van der Waals surface area contributed by atoms with Gasteiger partial charge in [-0.05, 0) is 26.3 Å². The Balaban J connectivity index is 1.85. The van der Waals surface area contributed by atoms with Gasteiger partial charge >= 0.3 is 6.09 Å². The van der Waals surface area contributed by atoms with Gasteiger partial charge in [0.1, 0.15) is 5.60 Å². The summed E-state index contributed by atoms with van der Waals surface area (Å²) >= 11 is 0. The third kappa shape index (κ3) is 2.99. The Morgan fingerprint density at radius 1 is 1.24 bits per heavy atom. The van der Waals surface area contributed by atoms with Gasteiger partial charge < -0.3 is 9.64 Å². The highest BCUT2D eigenvalue weighted by molar-refractivity contribution is 5.69. The third-order valence-electron chi connectivity index (χ3n) is 2.80. The molecule has 1 saturated heterocycles. The van der Waals surface area contributed by atoms with Crippen LogP contribution in [-0.4, -0.2) is 29.7 Å². The summed E-state index contributed by atoms with van der Waals surface area (Å²) < 4.78 is 5.31. The summed E-state index contributed by atoms with van der Waals surface area (Å²) in [5.74, 6) is 0.462. The Kier molecular flexibility index (Phi) is 3.09. The first-order chi connectivity index (χ1) is 7.96. The molecule has 0 bridgehead atoms. The normalized spacial score (nSPS) is 16.5. The number of carbonyl (C=O) groups excluding carboxylic acids is 1. The van der Waals surface area contributed by atoms with Crippen LogP contribution in [0.1, 0.15) is 32.3 Å². The summed E-state index contributed by atoms with van der Waals surface area (Å²) in [7, 11) is 0. The van der Waals surface area contributed by atoms with Gasteiger partial charge in [0.05, 0.1) is 0 Å². The van der Waals surface area contributed by atoms with E-state index in [1.807, 2.05) is 39.0 Å². The molecule has 1 aliphatic heterocycles. The molecule has 1 aliphatic rings. The van der Waals surface area contributed by atoms with Crippen LogP contribution in [0.5, 0.6) is 0 Å². The highest BCUT2D eigenvalue weighted by Crippen LogP contribution is 2.27. The van der Waals surface area contributed by atoms with Gasteiger partial charge in [0.2, 0.25) is 0 Å². The Hall–Kier alpha value is -1.51. The number of ether oxygens (including phenoxy) is 1. The van der Waals surface area contributed by atoms with Crippen molar-refractivity contribution in [1.29, 1.82) is 0 Å². The first-order valence-corrected chi connectivity index (χ1v) is 5.98. The molecule has 17 heavy (non-hydrogen) atoms. The maximum atomic E-state index is 11.7. The lowest BCUT2D eigenvalue weighted by atomic mass is 9.92. The first kappa shape index (κ1) is 12.0. The SMILES string of the molecule is CC(C)(C)OC(=O)N1CC(c2ccccc2)C1. The van der Waals surface area contributed by atoms with E-state index < -0.39 is 5.60 Å². The average molecular weight is 233 g/mol. The quantitative estimate of drug-likeness (QED) is 0.746. The Labute approximate surface area is 102 Å². The maximum Gasteiger partial charge on any atom is 0.410 e. The van der Waals surface area contributed by atoms with Crippen LogP contribution in [0.3, 0.4) is 0 Å². The van der Waals surface area contributed by atoms with E-state index in [1.165, 1.54) is 5.56 Å². The molecule has 1 aromatic rings. The van der Waals surface area contributed by atoms with Crippen molar-refractivity contribution in [3.05, 3.63) is 35.9 Å². The Morgan fingerprint density at radius 2 is 1.82 bits per heavy atom. The van der Waals surface area contributed by atoms with E-state index in [4.69, 9.17) is 4.74 Å². The lowest BCUT2D eigenvalue weighted by Crippen LogP contribution is -2.50. The summed E-state index contributed by atoms with van der Waals surface area (Å²) in [6, 6.07) is 10.3. The summed E-state index contributed by atoms with van der Waals surface area (Å²) in [6.07, 6.45) is -0.204. The number of rotatable bonds is 1. The largest absolute Gasteiger partial charge is 0.444 e. The molecule has 0 aromatic heterocycles. The molecule has 1 fully saturated rings. The molecule has 1 heterocycles. The van der Waals surface area contributed by atoms with Crippen LogP contribution in [0.4, 0.5) is 4.79 Å². The first-order valence-electron chi connectivity index (χ1n) is 5.98. The second kappa shape index (κ2) is 4.40. The fourth-order valence-corrected chi connectivity index (χ4v) is 1.89. The molecule has 0 saturated carbocycles. The summed E-state index contributed by atoms with van der Waals surface area (Å²) in [4.78, 5) is 13.5. The van der Waals surface area contributed by atoms with Gasteiger partial charge in [0, 0.05) is 19.0 Å². The Morgan fingerprint density at radius 3 is 2.35 bits per heavy atom. The van der Waals surface area contributed by atoms with Gasteiger partial charge in [-0.3, -0.25) is 0 Å². The van der Waals surface area contributed by atoms with Crippen molar-refractivity contribution in [3.63, 3.8) is 0 Å². The van der Waals surface area contributed by atoms with E-state index in [0.717, 1.165) is 13.1 Å². The van der Waals surface area contributed by atoms with Crippen molar-refractivity contribution < 1.29 is 9.53 Å². The molecule has 3 nitrogen and oxygen atoms in total. The number of nitrogens with zero attached hydrogens (tertiary/aromatic N) is 1. The summed E-state index contributed by atoms with van der Waals surface area (Å²) in [5.41, 5.74) is 0.891. The fraction of sp³-hybridized carbons (Fsp3) is 0.500. The molecule has 0 atom stereocenters. The maximum absolute atomic E-state index is 11.7. The third-order valence-corrected chi connectivity index (χ3v) is 2.80. The van der Waals surface area contributed by atoms with Crippen molar-refractivity contribution in [2.45, 2.75) is 32.3 Å². The van der Waals surface area contributed by atoms with Gasteiger partial charge in [0.15, 0.2) is 0 Å². The van der Waals surface area contributed by atoms with Crippen LogP contribution in [0.25, 0.3) is 0 Å². The Bertz CT molecular complexity index is 388. The minimum Gasteiger partial charge on any atom is -0.444 e. The van der Waals surface area contributed by atoms with Gasteiger partial charge in [0.25, 0.3) is 0 Å². The number of benzene rings is 1. The van der Waals surface area contributed by atoms with Crippen molar-refractivity contribution in [2.75, 3.05) is 13.1 Å². The molecule has 0 spiro atoms. The fourth-order valence-electron chi connectivity index (χ4n) is 1.89. The van der Waals surface area contributed by atoms with E-state index in [2.05, 4.69) is 12.1 Å². The lowest BCUT2D eigenvalue weighted by Gasteiger charge is -2.40. The van der Waals surface area contributed by atoms with E-state index in [9.17, 15) is 4.79 Å². The van der Waals surface area contributed by atoms with Crippen LogP contribution in [-0.2, 0) is 4.74 Å². The van der Waals surface area contributed by atoms with E-state index in [-0.39, 0.29) is 6.09 Å². The van der Waals surface area contributed by atoms with Crippen LogP contribution in [0.15, 0.2) is 30.3 Å². The molecule has 3 heteroatoms. The van der Waals surface area contributed by atoms with E-state index in [0.29, 0.717) is 5.92 Å². The average Bonchev–Trinajstić information content (AvgIpc) is 2.14. The van der Waals surface area contributed by atoms with Gasteiger partial charge in [-0.15, -0.1) is 0 Å². The molecule has 2 rings (SSSR count). The summed E-state index contributed by atoms with van der Waals surface area (Å²) in [5, 5.41) is 0. The van der Waals surface area contributed by atoms with Crippen molar-refractivity contribution in [1.82, 2.24) is 4.90 Å². The highest BCUT2D eigenvalue weighted by Gasteiger charge is 2.34. The number of amides is 1. The molecule has 92 valence electrons. The second-order valence-electron chi connectivity index (χ2n) is 5.49. The molecule has 0 aliphatic carbocycles. The topological polar surface area (TPSA) is 29.5 Å². The number of hydrogen-bond donors (Lipinski definition) is 0. The molecule has 0 N–H and O–H groups in total. The molecule has 0 radical (unpaired) electrons. The monoisotopic (exact) mass is 233 g/mol. The van der Waals surface area contributed by atoms with Gasteiger partial charge in [-0.2, -0.15) is 0 Å². The second-order valence-corrected chi connectivity index (χ2v) is 5.49. The van der Waals surface area contributed by atoms with Crippen LogP contribution >= 0.6 is 0 Å². The minimum absolute atomic E-state index is 0.204. The molecule has 1 aromatic carbocycles. The molecular formula is C14H19NO2. The zero-order valence-electron chi connectivity index (χ0n) is 10.6. The van der Waals surface area contributed by atoms with Crippen LogP contribution in [0.2, 0.25) is 0 Å². The van der Waals surface area contributed by atoms with Crippen molar-refractivity contribution in [3.8, 4) is 0 Å². The zero-order chi connectivity index (χ0) is 12.5. The van der Waals surface area contributed by atoms with Crippen molar-refractivity contribution in [2.24, 2.45) is 0 Å². The highest BCUT2D eigenvalue weighted by atomic mass is 16.6. The molecule has 1 amide bonds. The van der Waals surface area contributed by atoms with E-state index >= 15 is 0 Å². The standard InChI is InChI=1S/C14H19NO2/c1-14(2,3)17-13(16)15-9-12(10-15)11-7-5-4-6-8-11/h4-8,12H,9-10H2,1-3H3. The van der Waals surface area contributed by atoms with Crippen LogP contribution < -0.4 is 0 Å². The van der Waals surface area contributed by atoms with Gasteiger partial charge in [-0.1, -0.05) is 30.3 Å². The number of hydrogen-bond acceptors (Lipinski definition) is 2. The summed E-state index contributed by atoms with van der Waals surface area (Å²) in [6.45, 7) is 7.19.